The number of hydrogen-bond donors (Lipinski definition) is 3. The van der Waals surface area contributed by atoms with Gasteiger partial charge in [-0.25, -0.2) is 4.57 Å². The molecule has 27 heavy (non-hydrogen) atoms. The molecule has 1 rings (SSSR count). The molecule has 0 radical (unpaired) electrons. The van der Waals surface area contributed by atoms with Crippen LogP contribution in [0.15, 0.2) is 12.2 Å². The fourth-order valence-electron chi connectivity index (χ4n) is 2.76. The summed E-state index contributed by atoms with van der Waals surface area (Å²) in [4.78, 5) is 33.0. The van der Waals surface area contributed by atoms with Crippen LogP contribution in [0.1, 0.15) is 96.8 Å². The molecule has 160 valence electrons. The van der Waals surface area contributed by atoms with Gasteiger partial charge in [0, 0.05) is 6.42 Å². The molecule has 0 aromatic rings. The van der Waals surface area contributed by atoms with Crippen molar-refractivity contribution in [3.8, 4) is 0 Å². The molecule has 0 aromatic carbocycles. The first-order valence-electron chi connectivity index (χ1n) is 10.4. The first kappa shape index (κ1) is 26.5. The number of carbonyl (C=O) groups is 1. The predicted molar refractivity (Wildman–Crippen MR) is 108 cm³/mol. The van der Waals surface area contributed by atoms with E-state index in [4.69, 9.17) is 24.0 Å². The first-order chi connectivity index (χ1) is 12.8. The predicted octanol–water partition coefficient (Wildman–Crippen LogP) is 5.06. The molecule has 1 fully saturated rings. The Hall–Kier alpha value is -0.520. The zero-order chi connectivity index (χ0) is 20.4. The van der Waals surface area contributed by atoms with E-state index in [1.165, 1.54) is 77.0 Å². The van der Waals surface area contributed by atoms with E-state index in [1.807, 2.05) is 0 Å². The fourth-order valence-corrected chi connectivity index (χ4v) is 2.76. The molecule has 1 heterocycles. The van der Waals surface area contributed by atoms with E-state index < -0.39 is 7.82 Å². The number of phosphoric acid groups is 1. The summed E-state index contributed by atoms with van der Waals surface area (Å²) in [5.41, 5.74) is 0. The van der Waals surface area contributed by atoms with E-state index in [0.29, 0.717) is 12.4 Å². The molecular formula is C20H39O6P. The molecule has 1 aliphatic heterocycles. The first-order valence-corrected chi connectivity index (χ1v) is 12.0. The Labute approximate surface area is 164 Å². The van der Waals surface area contributed by atoms with Crippen LogP contribution in [-0.4, -0.2) is 33.2 Å². The van der Waals surface area contributed by atoms with Crippen LogP contribution in [0.3, 0.4) is 0 Å². The quantitative estimate of drug-likeness (QED) is 0.143. The summed E-state index contributed by atoms with van der Waals surface area (Å²) in [5, 5.41) is 0. The van der Waals surface area contributed by atoms with Gasteiger partial charge in [-0.2, -0.15) is 0 Å². The average molecular weight is 406 g/mol. The van der Waals surface area contributed by atoms with Crippen molar-refractivity contribution in [3.05, 3.63) is 12.2 Å². The Morgan fingerprint density at radius 1 is 0.889 bits per heavy atom. The molecule has 1 unspecified atom stereocenters. The molecule has 1 atom stereocenters. The van der Waals surface area contributed by atoms with Gasteiger partial charge in [-0.1, -0.05) is 70.4 Å². The van der Waals surface area contributed by atoms with E-state index in [0.717, 1.165) is 12.8 Å². The number of ketones is 1. The van der Waals surface area contributed by atoms with Crippen molar-refractivity contribution in [1.29, 1.82) is 0 Å². The smallest absolute Gasteiger partial charge is 0.365 e. The van der Waals surface area contributed by atoms with Gasteiger partial charge < -0.3 is 19.4 Å². The van der Waals surface area contributed by atoms with Gasteiger partial charge >= 0.3 is 7.82 Å². The highest BCUT2D eigenvalue weighted by molar-refractivity contribution is 7.45. The van der Waals surface area contributed by atoms with Crippen LogP contribution in [0.2, 0.25) is 0 Å². The minimum absolute atomic E-state index is 0.0308. The third-order valence-electron chi connectivity index (χ3n) is 4.38. The van der Waals surface area contributed by atoms with Crippen LogP contribution in [0.4, 0.5) is 0 Å². The summed E-state index contributed by atoms with van der Waals surface area (Å²) in [5.74, 6) is 0.317. The zero-order valence-corrected chi connectivity index (χ0v) is 17.7. The second kappa shape index (κ2) is 17.6. The Morgan fingerprint density at radius 3 is 1.74 bits per heavy atom. The molecule has 0 aromatic heterocycles. The lowest BCUT2D eigenvalue weighted by Crippen LogP contribution is -2.05. The SMILES string of the molecule is CCCCCCCCC=CCCCCCCCC(=O)C1CO1.O=P(O)(O)O. The normalized spacial score (nSPS) is 16.2. The highest BCUT2D eigenvalue weighted by Crippen LogP contribution is 2.25. The number of epoxide rings is 1. The molecule has 0 saturated carbocycles. The molecular weight excluding hydrogens is 367 g/mol. The van der Waals surface area contributed by atoms with Crippen LogP contribution in [0, 0.1) is 0 Å². The van der Waals surface area contributed by atoms with Gasteiger partial charge in [0.2, 0.25) is 0 Å². The van der Waals surface area contributed by atoms with E-state index in [9.17, 15) is 4.79 Å². The molecule has 6 nitrogen and oxygen atoms in total. The van der Waals surface area contributed by atoms with Crippen molar-refractivity contribution >= 4 is 13.6 Å². The monoisotopic (exact) mass is 406 g/mol. The summed E-state index contributed by atoms with van der Waals surface area (Å²) in [6.07, 6.45) is 22.3. The molecule has 0 aliphatic carbocycles. The number of unbranched alkanes of at least 4 members (excludes halogenated alkanes) is 11. The minimum atomic E-state index is -4.64. The van der Waals surface area contributed by atoms with E-state index in [2.05, 4.69) is 19.1 Å². The lowest BCUT2D eigenvalue weighted by Gasteiger charge is -2.00. The Balaban J connectivity index is 0.00000119. The van der Waals surface area contributed by atoms with Crippen LogP contribution in [0.25, 0.3) is 0 Å². The summed E-state index contributed by atoms with van der Waals surface area (Å²) in [7, 11) is -4.64. The number of allylic oxidation sites excluding steroid dienone is 2. The van der Waals surface area contributed by atoms with Gasteiger partial charge in [0.25, 0.3) is 0 Å². The third kappa shape index (κ3) is 25.5. The van der Waals surface area contributed by atoms with Gasteiger partial charge in [-0.05, 0) is 32.1 Å². The van der Waals surface area contributed by atoms with Crippen LogP contribution >= 0.6 is 7.82 Å². The number of hydrogen-bond acceptors (Lipinski definition) is 3. The van der Waals surface area contributed by atoms with Gasteiger partial charge in [-0.15, -0.1) is 0 Å². The summed E-state index contributed by atoms with van der Waals surface area (Å²) < 4.78 is 13.9. The number of Topliss-reactive ketones (excluding diaryl/α,β-unsaturated/α-hetero) is 1. The van der Waals surface area contributed by atoms with Gasteiger partial charge in [0.15, 0.2) is 5.78 Å². The highest BCUT2D eigenvalue weighted by Gasteiger charge is 2.29. The van der Waals surface area contributed by atoms with Gasteiger partial charge in [-0.3, -0.25) is 4.79 Å². The standard InChI is InChI=1S/C20H36O2.H3O4P/c1-2-3-4-5-6-7-8-9-10-11-12-13-14-15-16-17-19(21)20-18-22-20;1-5(2,3)4/h9-10,20H,2-8,11-18H2,1H3;(H3,1,2,3,4). The summed E-state index contributed by atoms with van der Waals surface area (Å²) in [6.45, 7) is 2.94. The Kier molecular flexibility index (Phi) is 17.2. The zero-order valence-electron chi connectivity index (χ0n) is 16.9. The van der Waals surface area contributed by atoms with Crippen LogP contribution < -0.4 is 0 Å². The number of ether oxygens (including phenoxy) is 1. The largest absolute Gasteiger partial charge is 0.466 e. The second-order valence-corrected chi connectivity index (χ2v) is 8.16. The molecule has 7 heteroatoms. The van der Waals surface area contributed by atoms with Crippen molar-refractivity contribution in [2.45, 2.75) is 103 Å². The number of rotatable bonds is 16. The highest BCUT2D eigenvalue weighted by atomic mass is 31.2. The average Bonchev–Trinajstić information content (AvgIpc) is 3.42. The number of carbonyl (C=O) groups excluding carboxylic acids is 1. The maximum Gasteiger partial charge on any atom is 0.466 e. The summed E-state index contributed by atoms with van der Waals surface area (Å²) >= 11 is 0. The lowest BCUT2D eigenvalue weighted by atomic mass is 10.1. The lowest BCUT2D eigenvalue weighted by molar-refractivity contribution is -0.120. The summed E-state index contributed by atoms with van der Waals surface area (Å²) in [6, 6.07) is 0. The van der Waals surface area contributed by atoms with Crippen molar-refractivity contribution in [2.75, 3.05) is 6.61 Å². The van der Waals surface area contributed by atoms with Gasteiger partial charge in [0.1, 0.15) is 6.10 Å². The van der Waals surface area contributed by atoms with Crippen molar-refractivity contribution in [1.82, 2.24) is 0 Å². The maximum absolute atomic E-state index is 11.4. The third-order valence-corrected chi connectivity index (χ3v) is 4.38. The molecule has 3 N–H and O–H groups in total. The molecule has 0 bridgehead atoms. The fraction of sp³-hybridized carbons (Fsp3) is 0.850. The minimum Gasteiger partial charge on any atom is -0.365 e. The van der Waals surface area contributed by atoms with Crippen molar-refractivity contribution < 1.29 is 28.8 Å². The van der Waals surface area contributed by atoms with Crippen molar-refractivity contribution in [2.24, 2.45) is 0 Å². The Morgan fingerprint density at radius 2 is 1.30 bits per heavy atom. The molecule has 1 saturated heterocycles. The van der Waals surface area contributed by atoms with E-state index >= 15 is 0 Å². The van der Waals surface area contributed by atoms with E-state index in [-0.39, 0.29) is 6.10 Å². The maximum atomic E-state index is 11.4. The van der Waals surface area contributed by atoms with E-state index in [1.54, 1.807) is 0 Å². The second-order valence-electron chi connectivity index (χ2n) is 7.14. The van der Waals surface area contributed by atoms with Crippen molar-refractivity contribution in [3.63, 3.8) is 0 Å². The molecule has 0 amide bonds. The Bertz CT molecular complexity index is 420. The van der Waals surface area contributed by atoms with Crippen LogP contribution in [-0.2, 0) is 14.1 Å². The van der Waals surface area contributed by atoms with Gasteiger partial charge in [0.05, 0.1) is 6.61 Å². The molecule has 0 spiro atoms. The van der Waals surface area contributed by atoms with Crippen LogP contribution in [0.5, 0.6) is 0 Å². The molecule has 1 aliphatic rings. The topological polar surface area (TPSA) is 107 Å².